The van der Waals surface area contributed by atoms with E-state index in [-0.39, 0.29) is 17.7 Å². The van der Waals surface area contributed by atoms with Crippen LogP contribution in [0, 0.1) is 5.41 Å². The molecule has 0 bridgehead atoms. The summed E-state index contributed by atoms with van der Waals surface area (Å²) in [5, 5.41) is 0. The van der Waals surface area contributed by atoms with Gasteiger partial charge < -0.3 is 9.64 Å². The fourth-order valence-electron chi connectivity index (χ4n) is 3.21. The van der Waals surface area contributed by atoms with E-state index < -0.39 is 0 Å². The van der Waals surface area contributed by atoms with Gasteiger partial charge in [-0.15, -0.1) is 0 Å². The van der Waals surface area contributed by atoms with E-state index in [1.165, 1.54) is 6.42 Å². The molecule has 0 spiro atoms. The minimum atomic E-state index is 0.0554. The molecular formula is C21H37N2O+. The second kappa shape index (κ2) is 8.66. The van der Waals surface area contributed by atoms with Crippen molar-refractivity contribution < 1.29 is 9.31 Å². The Morgan fingerprint density at radius 1 is 1.17 bits per heavy atom. The first-order valence-electron chi connectivity index (χ1n) is 9.07. The molecule has 0 saturated carbocycles. The number of likely N-dealkylation sites (N-methyl/N-ethyl adjacent to an activating group) is 1. The fourth-order valence-corrected chi connectivity index (χ4v) is 3.21. The van der Waals surface area contributed by atoms with Crippen LogP contribution in [0.4, 0.5) is 0 Å². The maximum Gasteiger partial charge on any atom is 0.184 e. The zero-order valence-electron chi connectivity index (χ0n) is 16.7. The van der Waals surface area contributed by atoms with Crippen molar-refractivity contribution in [2.45, 2.75) is 71.6 Å². The molecule has 0 amide bonds. The van der Waals surface area contributed by atoms with E-state index in [0.717, 1.165) is 12.8 Å². The zero-order chi connectivity index (χ0) is 18.4. The summed E-state index contributed by atoms with van der Waals surface area (Å²) < 4.78 is 7.69. The Bertz CT molecular complexity index is 504. The Morgan fingerprint density at radius 3 is 2.33 bits per heavy atom. The van der Waals surface area contributed by atoms with Gasteiger partial charge in [0, 0.05) is 33.9 Å². The van der Waals surface area contributed by atoms with Crippen molar-refractivity contribution in [3.8, 4) is 0 Å². The van der Waals surface area contributed by atoms with Gasteiger partial charge in [-0.05, 0) is 5.41 Å². The van der Waals surface area contributed by atoms with Crippen molar-refractivity contribution in [3.05, 3.63) is 36.7 Å². The standard InChI is InChI=1S/C21H37N2O/c1-9-20(3,4)17-21(5,10-2)23(7)16-15-22(6)18-13-11-12-14-19(18)24-8/h11-16,18-19H,7,9-10,17H2,1-6,8H3/q+1. The van der Waals surface area contributed by atoms with Crippen LogP contribution in [0.25, 0.3) is 0 Å². The van der Waals surface area contributed by atoms with Crippen LogP contribution in [0.5, 0.6) is 0 Å². The highest BCUT2D eigenvalue weighted by Crippen LogP contribution is 2.34. The summed E-state index contributed by atoms with van der Waals surface area (Å²) in [5.41, 5.74) is 0.373. The van der Waals surface area contributed by atoms with Gasteiger partial charge in [0.25, 0.3) is 0 Å². The Hall–Kier alpha value is -1.35. The van der Waals surface area contributed by atoms with Crippen LogP contribution in [0.3, 0.4) is 0 Å². The van der Waals surface area contributed by atoms with Crippen molar-refractivity contribution in [1.82, 2.24) is 4.90 Å². The lowest BCUT2D eigenvalue weighted by molar-refractivity contribution is -0.542. The molecule has 0 aromatic rings. The predicted molar refractivity (Wildman–Crippen MR) is 105 cm³/mol. The van der Waals surface area contributed by atoms with Gasteiger partial charge in [-0.3, -0.25) is 0 Å². The molecule has 1 aliphatic rings. The molecule has 3 atom stereocenters. The molecule has 0 aliphatic heterocycles. The Labute approximate surface area is 149 Å². The highest BCUT2D eigenvalue weighted by molar-refractivity contribution is 5.20. The molecular weight excluding hydrogens is 296 g/mol. The SMILES string of the molecule is C=[N+](C=CN(C)C1C=CC=CC1OC)C(C)(CC)CC(C)(C)CC. The normalized spacial score (nSPS) is 23.5. The first kappa shape index (κ1) is 20.7. The second-order valence-corrected chi connectivity index (χ2v) is 7.94. The average molecular weight is 334 g/mol. The molecule has 1 rings (SSSR count). The third-order valence-electron chi connectivity index (χ3n) is 5.55. The number of rotatable bonds is 9. The van der Waals surface area contributed by atoms with Gasteiger partial charge in [-0.25, -0.2) is 4.58 Å². The lowest BCUT2D eigenvalue weighted by Crippen LogP contribution is -2.41. The van der Waals surface area contributed by atoms with E-state index in [1.807, 2.05) is 6.08 Å². The lowest BCUT2D eigenvalue weighted by atomic mass is 9.76. The van der Waals surface area contributed by atoms with E-state index in [0.29, 0.717) is 5.41 Å². The molecule has 0 heterocycles. The molecule has 3 unspecified atom stereocenters. The van der Waals surface area contributed by atoms with Gasteiger partial charge >= 0.3 is 0 Å². The smallest absolute Gasteiger partial charge is 0.184 e. The molecule has 0 aromatic heterocycles. The van der Waals surface area contributed by atoms with Crippen molar-refractivity contribution >= 4 is 6.72 Å². The number of hydrogen-bond donors (Lipinski definition) is 0. The van der Waals surface area contributed by atoms with Crippen LogP contribution in [0.1, 0.15) is 53.9 Å². The summed E-state index contributed by atoms with van der Waals surface area (Å²) in [7, 11) is 3.84. The minimum absolute atomic E-state index is 0.0554. The fraction of sp³-hybridized carbons (Fsp3) is 0.667. The predicted octanol–water partition coefficient (Wildman–Crippen LogP) is 4.61. The Kier molecular flexibility index (Phi) is 7.47. The first-order chi connectivity index (χ1) is 11.2. The van der Waals surface area contributed by atoms with Crippen LogP contribution in [0.2, 0.25) is 0 Å². The van der Waals surface area contributed by atoms with E-state index in [1.54, 1.807) is 7.11 Å². The van der Waals surface area contributed by atoms with E-state index >= 15 is 0 Å². The molecule has 0 N–H and O–H groups in total. The quantitative estimate of drug-likeness (QED) is 0.452. The van der Waals surface area contributed by atoms with Crippen LogP contribution in [0.15, 0.2) is 36.7 Å². The molecule has 3 nitrogen and oxygen atoms in total. The summed E-state index contributed by atoms with van der Waals surface area (Å²) in [6.07, 6.45) is 16.0. The highest BCUT2D eigenvalue weighted by Gasteiger charge is 2.37. The van der Waals surface area contributed by atoms with Crippen molar-refractivity contribution in [3.63, 3.8) is 0 Å². The number of methoxy groups -OCH3 is 1. The van der Waals surface area contributed by atoms with Gasteiger partial charge in [0.15, 0.2) is 11.7 Å². The van der Waals surface area contributed by atoms with Gasteiger partial charge in [0.2, 0.25) is 0 Å². The number of hydrogen-bond acceptors (Lipinski definition) is 2. The molecule has 0 fully saturated rings. The molecule has 136 valence electrons. The zero-order valence-corrected chi connectivity index (χ0v) is 16.7. The van der Waals surface area contributed by atoms with Crippen molar-refractivity contribution in [2.24, 2.45) is 5.41 Å². The lowest BCUT2D eigenvalue weighted by Gasteiger charge is -2.33. The van der Waals surface area contributed by atoms with Gasteiger partial charge in [0.05, 0.1) is 18.3 Å². The van der Waals surface area contributed by atoms with Crippen molar-refractivity contribution in [2.75, 3.05) is 14.2 Å². The molecule has 0 aromatic carbocycles. The van der Waals surface area contributed by atoms with Crippen LogP contribution < -0.4 is 0 Å². The molecule has 24 heavy (non-hydrogen) atoms. The summed E-state index contributed by atoms with van der Waals surface area (Å²) in [4.78, 5) is 2.19. The van der Waals surface area contributed by atoms with E-state index in [9.17, 15) is 0 Å². The summed E-state index contributed by atoms with van der Waals surface area (Å²) in [6, 6.07) is 0.213. The minimum Gasteiger partial charge on any atom is -0.375 e. The summed E-state index contributed by atoms with van der Waals surface area (Å²) >= 11 is 0. The first-order valence-corrected chi connectivity index (χ1v) is 9.07. The number of allylic oxidation sites excluding steroid dienone is 2. The topological polar surface area (TPSA) is 15.5 Å². The maximum atomic E-state index is 5.56. The van der Waals surface area contributed by atoms with Gasteiger partial charge in [-0.2, -0.15) is 0 Å². The molecule has 0 saturated heterocycles. The monoisotopic (exact) mass is 333 g/mol. The van der Waals surface area contributed by atoms with Crippen LogP contribution >= 0.6 is 0 Å². The molecule has 0 radical (unpaired) electrons. The van der Waals surface area contributed by atoms with Crippen molar-refractivity contribution in [1.29, 1.82) is 0 Å². The van der Waals surface area contributed by atoms with Crippen LogP contribution in [-0.2, 0) is 4.74 Å². The molecule has 1 aliphatic carbocycles. The summed E-state index contributed by atoms with van der Waals surface area (Å²) in [5.74, 6) is 0. The Balaban J connectivity index is 2.81. The van der Waals surface area contributed by atoms with E-state index in [2.05, 4.69) is 88.5 Å². The third-order valence-corrected chi connectivity index (χ3v) is 5.55. The van der Waals surface area contributed by atoms with Crippen LogP contribution in [-0.4, -0.2) is 48.0 Å². The third kappa shape index (κ3) is 5.34. The number of ether oxygens (including phenoxy) is 1. The van der Waals surface area contributed by atoms with Gasteiger partial charge in [-0.1, -0.05) is 58.4 Å². The summed E-state index contributed by atoms with van der Waals surface area (Å²) in [6.45, 7) is 15.8. The average Bonchev–Trinajstić information content (AvgIpc) is 2.58. The van der Waals surface area contributed by atoms with Gasteiger partial charge in [0.1, 0.15) is 6.72 Å². The molecule has 3 heteroatoms. The largest absolute Gasteiger partial charge is 0.375 e. The second-order valence-electron chi connectivity index (χ2n) is 7.94. The number of nitrogens with zero attached hydrogens (tertiary/aromatic N) is 2. The Morgan fingerprint density at radius 2 is 1.79 bits per heavy atom. The highest BCUT2D eigenvalue weighted by atomic mass is 16.5. The van der Waals surface area contributed by atoms with E-state index in [4.69, 9.17) is 4.74 Å². The maximum absolute atomic E-state index is 5.56.